The fourth-order valence-electron chi connectivity index (χ4n) is 1.26. The maximum atomic E-state index is 3.18. The highest BCUT2D eigenvalue weighted by atomic mass is 15.2. The van der Waals surface area contributed by atoms with Gasteiger partial charge in [0.15, 0.2) is 0 Å². The van der Waals surface area contributed by atoms with Gasteiger partial charge in [-0.1, -0.05) is 0 Å². The van der Waals surface area contributed by atoms with E-state index in [0.717, 1.165) is 6.42 Å². The maximum Gasteiger partial charge on any atom is 0.0993 e. The van der Waals surface area contributed by atoms with Crippen molar-refractivity contribution in [2.24, 2.45) is 0 Å². The molecule has 0 radical (unpaired) electrons. The largest absolute Gasteiger partial charge is 0.370 e. The first-order valence-electron chi connectivity index (χ1n) is 3.79. The first kappa shape index (κ1) is 6.39. The van der Waals surface area contributed by atoms with Crippen LogP contribution >= 0.6 is 0 Å². The van der Waals surface area contributed by atoms with Gasteiger partial charge in [0.1, 0.15) is 0 Å². The number of hydrogen-bond donors (Lipinski definition) is 4. The quantitative estimate of drug-likeness (QED) is 0.425. The van der Waals surface area contributed by atoms with Crippen molar-refractivity contribution >= 4 is 0 Å². The third-order valence-electron chi connectivity index (χ3n) is 1.83. The molecule has 0 bridgehead atoms. The van der Waals surface area contributed by atoms with Gasteiger partial charge in [-0.25, -0.2) is 0 Å². The molecule has 0 fully saturated rings. The van der Waals surface area contributed by atoms with Crippen LogP contribution in [-0.4, -0.2) is 12.3 Å². The normalized spacial score (nSPS) is 22.5. The number of hydrogen-bond acceptors (Lipinski definition) is 4. The standard InChI is InChI=1S/C7H12N4/c1-2-9-6(8-1)5-7-10-3-4-11-7/h1-4,6-11H,5H2. The van der Waals surface area contributed by atoms with Crippen LogP contribution in [0.25, 0.3) is 0 Å². The monoisotopic (exact) mass is 152 g/mol. The molecule has 4 heteroatoms. The van der Waals surface area contributed by atoms with E-state index in [9.17, 15) is 0 Å². The van der Waals surface area contributed by atoms with Crippen molar-refractivity contribution in [3.8, 4) is 0 Å². The summed E-state index contributed by atoms with van der Waals surface area (Å²) in [4.78, 5) is 0. The van der Waals surface area contributed by atoms with Gasteiger partial charge in [-0.05, 0) is 0 Å². The van der Waals surface area contributed by atoms with Gasteiger partial charge in [0.05, 0.1) is 12.3 Å². The molecule has 2 rings (SSSR count). The first-order valence-corrected chi connectivity index (χ1v) is 3.79. The lowest BCUT2D eigenvalue weighted by Crippen LogP contribution is -2.41. The summed E-state index contributed by atoms with van der Waals surface area (Å²) in [5.74, 6) is 0. The van der Waals surface area contributed by atoms with E-state index >= 15 is 0 Å². The molecule has 0 atom stereocenters. The second-order valence-electron chi connectivity index (χ2n) is 2.67. The topological polar surface area (TPSA) is 48.1 Å². The molecular weight excluding hydrogens is 140 g/mol. The van der Waals surface area contributed by atoms with Crippen LogP contribution in [0.15, 0.2) is 24.8 Å². The Morgan fingerprint density at radius 3 is 1.45 bits per heavy atom. The summed E-state index contributed by atoms with van der Waals surface area (Å²) in [6.07, 6.45) is 9.43. The highest BCUT2D eigenvalue weighted by Crippen LogP contribution is 1.99. The molecule has 2 aliphatic rings. The second kappa shape index (κ2) is 2.74. The van der Waals surface area contributed by atoms with Crippen molar-refractivity contribution in [1.29, 1.82) is 0 Å². The zero-order valence-electron chi connectivity index (χ0n) is 6.17. The molecule has 4 nitrogen and oxygen atoms in total. The van der Waals surface area contributed by atoms with E-state index in [4.69, 9.17) is 0 Å². The zero-order valence-corrected chi connectivity index (χ0v) is 6.17. The van der Waals surface area contributed by atoms with Crippen molar-refractivity contribution in [3.05, 3.63) is 24.8 Å². The van der Waals surface area contributed by atoms with E-state index in [1.54, 1.807) is 0 Å². The van der Waals surface area contributed by atoms with E-state index in [1.165, 1.54) is 0 Å². The number of nitrogens with one attached hydrogen (secondary N) is 4. The molecule has 0 aromatic heterocycles. The summed E-state index contributed by atoms with van der Waals surface area (Å²) in [5, 5.41) is 12.7. The molecule has 0 saturated carbocycles. The Labute approximate surface area is 65.7 Å². The van der Waals surface area contributed by atoms with Gasteiger partial charge in [0, 0.05) is 31.2 Å². The van der Waals surface area contributed by atoms with Crippen LogP contribution < -0.4 is 21.3 Å². The summed E-state index contributed by atoms with van der Waals surface area (Å²) in [7, 11) is 0. The van der Waals surface area contributed by atoms with Crippen LogP contribution in [-0.2, 0) is 0 Å². The molecule has 0 aliphatic carbocycles. The van der Waals surface area contributed by atoms with Crippen LogP contribution in [0.1, 0.15) is 6.42 Å². The predicted octanol–water partition coefficient (Wildman–Crippen LogP) is -0.643. The average Bonchev–Trinajstić information content (AvgIpc) is 2.60. The molecule has 2 heterocycles. The van der Waals surface area contributed by atoms with Crippen molar-refractivity contribution in [2.45, 2.75) is 18.8 Å². The van der Waals surface area contributed by atoms with E-state index in [2.05, 4.69) is 21.3 Å². The van der Waals surface area contributed by atoms with Gasteiger partial charge in [-0.3, -0.25) is 0 Å². The van der Waals surface area contributed by atoms with Crippen LogP contribution in [0.5, 0.6) is 0 Å². The first-order chi connectivity index (χ1) is 5.45. The Morgan fingerprint density at radius 2 is 1.09 bits per heavy atom. The van der Waals surface area contributed by atoms with Crippen LogP contribution in [0.3, 0.4) is 0 Å². The summed E-state index contributed by atoms with van der Waals surface area (Å²) in [6.45, 7) is 0. The number of rotatable bonds is 2. The van der Waals surface area contributed by atoms with Gasteiger partial charge in [0.25, 0.3) is 0 Å². The lowest BCUT2D eigenvalue weighted by atomic mass is 10.3. The predicted molar refractivity (Wildman–Crippen MR) is 43.0 cm³/mol. The second-order valence-corrected chi connectivity index (χ2v) is 2.67. The lowest BCUT2D eigenvalue weighted by Gasteiger charge is -2.18. The van der Waals surface area contributed by atoms with Crippen LogP contribution in [0.4, 0.5) is 0 Å². The van der Waals surface area contributed by atoms with E-state index in [0.29, 0.717) is 12.3 Å². The molecule has 0 amide bonds. The average molecular weight is 152 g/mol. The summed E-state index contributed by atoms with van der Waals surface area (Å²) >= 11 is 0. The Hall–Kier alpha value is -1.32. The van der Waals surface area contributed by atoms with Gasteiger partial charge in [0.2, 0.25) is 0 Å². The smallest absolute Gasteiger partial charge is 0.0993 e. The molecule has 0 aromatic carbocycles. The summed E-state index contributed by atoms with van der Waals surface area (Å²) in [5.41, 5.74) is 0. The van der Waals surface area contributed by atoms with Crippen molar-refractivity contribution in [3.63, 3.8) is 0 Å². The Morgan fingerprint density at radius 1 is 0.727 bits per heavy atom. The fourth-order valence-corrected chi connectivity index (χ4v) is 1.26. The van der Waals surface area contributed by atoms with E-state index in [1.807, 2.05) is 24.8 Å². The molecule has 0 aromatic rings. The minimum Gasteiger partial charge on any atom is -0.370 e. The van der Waals surface area contributed by atoms with Gasteiger partial charge in [-0.15, -0.1) is 0 Å². The molecular formula is C7H12N4. The SMILES string of the molecule is C1=CNC(CC2NC=CN2)N1. The minimum absolute atomic E-state index is 0.361. The summed E-state index contributed by atoms with van der Waals surface area (Å²) < 4.78 is 0. The summed E-state index contributed by atoms with van der Waals surface area (Å²) in [6, 6.07) is 0. The van der Waals surface area contributed by atoms with Gasteiger partial charge in [-0.2, -0.15) is 0 Å². The van der Waals surface area contributed by atoms with Gasteiger partial charge < -0.3 is 21.3 Å². The highest BCUT2D eigenvalue weighted by molar-refractivity contribution is 4.96. The van der Waals surface area contributed by atoms with Crippen molar-refractivity contribution in [1.82, 2.24) is 21.3 Å². The van der Waals surface area contributed by atoms with Crippen molar-refractivity contribution in [2.75, 3.05) is 0 Å². The molecule has 0 unspecified atom stereocenters. The van der Waals surface area contributed by atoms with Crippen LogP contribution in [0, 0.1) is 0 Å². The third kappa shape index (κ3) is 1.39. The Balaban J connectivity index is 1.73. The molecule has 2 aliphatic heterocycles. The van der Waals surface area contributed by atoms with Crippen molar-refractivity contribution < 1.29 is 0 Å². The van der Waals surface area contributed by atoms with Gasteiger partial charge >= 0.3 is 0 Å². The van der Waals surface area contributed by atoms with E-state index in [-0.39, 0.29) is 0 Å². The molecule has 11 heavy (non-hydrogen) atoms. The molecule has 60 valence electrons. The van der Waals surface area contributed by atoms with Crippen LogP contribution in [0.2, 0.25) is 0 Å². The Bertz CT molecular complexity index is 151. The molecule has 4 N–H and O–H groups in total. The van der Waals surface area contributed by atoms with E-state index < -0.39 is 0 Å². The highest BCUT2D eigenvalue weighted by Gasteiger charge is 2.15. The minimum atomic E-state index is 0.361. The third-order valence-corrected chi connectivity index (χ3v) is 1.83. The lowest BCUT2D eigenvalue weighted by molar-refractivity contribution is 0.425. The maximum absolute atomic E-state index is 3.18. The fraction of sp³-hybridized carbons (Fsp3) is 0.429. The zero-order chi connectivity index (χ0) is 7.52. The molecule has 0 saturated heterocycles. The molecule has 0 spiro atoms. The Kier molecular flexibility index (Phi) is 1.59.